The number of hydrogen-bond acceptors (Lipinski definition) is 4. The summed E-state index contributed by atoms with van der Waals surface area (Å²) in [5.41, 5.74) is 1.68. The van der Waals surface area contributed by atoms with Gasteiger partial charge in [0.25, 0.3) is 5.91 Å². The number of amides is 1. The lowest BCUT2D eigenvalue weighted by Crippen LogP contribution is -2.47. The second-order valence-electron chi connectivity index (χ2n) is 7.18. The molecule has 25 heavy (non-hydrogen) atoms. The summed E-state index contributed by atoms with van der Waals surface area (Å²) < 4.78 is 11.2. The Morgan fingerprint density at radius 3 is 2.80 bits per heavy atom. The summed E-state index contributed by atoms with van der Waals surface area (Å²) in [6.45, 7) is 2.29. The van der Waals surface area contributed by atoms with Gasteiger partial charge in [-0.2, -0.15) is 0 Å². The van der Waals surface area contributed by atoms with Gasteiger partial charge < -0.3 is 14.1 Å². The quantitative estimate of drug-likeness (QED) is 0.810. The normalized spacial score (nSPS) is 23.6. The number of hydrogen-bond donors (Lipinski definition) is 0. The predicted molar refractivity (Wildman–Crippen MR) is 93.1 cm³/mol. The number of rotatable bonds is 6. The van der Waals surface area contributed by atoms with E-state index in [9.17, 15) is 4.79 Å². The number of piperidine rings is 1. The third-order valence-corrected chi connectivity index (χ3v) is 5.19. The second kappa shape index (κ2) is 7.40. The van der Waals surface area contributed by atoms with E-state index in [0.29, 0.717) is 24.7 Å². The van der Waals surface area contributed by atoms with Crippen LogP contribution in [0.1, 0.15) is 35.3 Å². The lowest BCUT2D eigenvalue weighted by molar-refractivity contribution is -0.0327. The van der Waals surface area contributed by atoms with Crippen molar-refractivity contribution >= 4 is 5.91 Å². The Labute approximate surface area is 148 Å². The van der Waals surface area contributed by atoms with Crippen molar-refractivity contribution in [2.75, 3.05) is 19.7 Å². The van der Waals surface area contributed by atoms with Gasteiger partial charge >= 0.3 is 0 Å². The SMILES string of the molecule is O=C(c1cocn1)N1CC[C@H](OCC2CC2)[C@@H](Cc2ccccc2)C1. The number of aromatic nitrogens is 1. The highest BCUT2D eigenvalue weighted by atomic mass is 16.5. The van der Waals surface area contributed by atoms with Crippen LogP contribution in [-0.2, 0) is 11.2 Å². The van der Waals surface area contributed by atoms with Crippen molar-refractivity contribution < 1.29 is 13.9 Å². The minimum absolute atomic E-state index is 0.0487. The molecule has 0 spiro atoms. The molecule has 1 aromatic carbocycles. The zero-order valence-electron chi connectivity index (χ0n) is 14.3. The van der Waals surface area contributed by atoms with Gasteiger partial charge in [-0.25, -0.2) is 4.98 Å². The topological polar surface area (TPSA) is 55.6 Å². The van der Waals surface area contributed by atoms with Crippen LogP contribution in [0.5, 0.6) is 0 Å². The number of nitrogens with zero attached hydrogens (tertiary/aromatic N) is 2. The van der Waals surface area contributed by atoms with Crippen LogP contribution in [0.4, 0.5) is 0 Å². The van der Waals surface area contributed by atoms with Crippen molar-refractivity contribution in [1.29, 1.82) is 0 Å². The number of oxazole rings is 1. The van der Waals surface area contributed by atoms with E-state index in [1.54, 1.807) is 0 Å². The molecule has 1 amide bonds. The Hall–Kier alpha value is -2.14. The summed E-state index contributed by atoms with van der Waals surface area (Å²) in [6.07, 6.45) is 7.36. The number of carbonyl (C=O) groups is 1. The molecular formula is C20H24N2O3. The fourth-order valence-electron chi connectivity index (χ4n) is 3.55. The molecule has 2 heterocycles. The van der Waals surface area contributed by atoms with Gasteiger partial charge in [-0.05, 0) is 37.2 Å². The minimum Gasteiger partial charge on any atom is -0.451 e. The molecule has 5 nitrogen and oxygen atoms in total. The summed E-state index contributed by atoms with van der Waals surface area (Å²) >= 11 is 0. The average molecular weight is 340 g/mol. The van der Waals surface area contributed by atoms with Crippen molar-refractivity contribution in [3.05, 3.63) is 54.2 Å². The smallest absolute Gasteiger partial charge is 0.275 e. The van der Waals surface area contributed by atoms with Crippen LogP contribution in [-0.4, -0.2) is 41.6 Å². The van der Waals surface area contributed by atoms with Gasteiger partial charge in [-0.1, -0.05) is 30.3 Å². The molecule has 1 aliphatic carbocycles. The molecule has 5 heteroatoms. The molecular weight excluding hydrogens is 316 g/mol. The van der Waals surface area contributed by atoms with Gasteiger partial charge in [0.15, 0.2) is 12.1 Å². The Kier molecular flexibility index (Phi) is 4.83. The van der Waals surface area contributed by atoms with E-state index >= 15 is 0 Å². The minimum atomic E-state index is -0.0487. The van der Waals surface area contributed by atoms with Crippen LogP contribution in [0.25, 0.3) is 0 Å². The van der Waals surface area contributed by atoms with E-state index in [4.69, 9.17) is 9.15 Å². The van der Waals surface area contributed by atoms with Crippen LogP contribution in [0.3, 0.4) is 0 Å². The van der Waals surface area contributed by atoms with Gasteiger partial charge in [-0.3, -0.25) is 4.79 Å². The van der Waals surface area contributed by atoms with E-state index in [1.807, 2.05) is 11.0 Å². The molecule has 1 saturated heterocycles. The van der Waals surface area contributed by atoms with E-state index in [0.717, 1.165) is 25.4 Å². The molecule has 1 aliphatic heterocycles. The lowest BCUT2D eigenvalue weighted by atomic mass is 9.88. The van der Waals surface area contributed by atoms with Gasteiger partial charge in [0.1, 0.15) is 6.26 Å². The molecule has 4 rings (SSSR count). The highest BCUT2D eigenvalue weighted by molar-refractivity contribution is 5.91. The molecule has 2 aliphatic rings. The standard InChI is InChI=1S/C20H24N2O3/c23-20(18-13-24-14-21-18)22-9-8-19(25-12-16-6-7-16)17(11-22)10-15-4-2-1-3-5-15/h1-5,13-14,16-17,19H,6-12H2/t17-,19-/m0/s1. The molecule has 1 saturated carbocycles. The van der Waals surface area contributed by atoms with E-state index < -0.39 is 0 Å². The van der Waals surface area contributed by atoms with Crippen molar-refractivity contribution in [3.8, 4) is 0 Å². The zero-order valence-corrected chi connectivity index (χ0v) is 14.3. The van der Waals surface area contributed by atoms with Crippen LogP contribution < -0.4 is 0 Å². The Bertz CT molecular complexity index is 682. The van der Waals surface area contributed by atoms with E-state index in [-0.39, 0.29) is 12.0 Å². The second-order valence-corrected chi connectivity index (χ2v) is 7.18. The van der Waals surface area contributed by atoms with Crippen molar-refractivity contribution in [2.45, 2.75) is 31.8 Å². The van der Waals surface area contributed by atoms with E-state index in [1.165, 1.54) is 31.1 Å². The first-order valence-electron chi connectivity index (χ1n) is 9.12. The maximum absolute atomic E-state index is 12.6. The molecule has 0 N–H and O–H groups in total. The van der Waals surface area contributed by atoms with Crippen molar-refractivity contribution in [1.82, 2.24) is 9.88 Å². The number of likely N-dealkylation sites (tertiary alicyclic amines) is 1. The third kappa shape index (κ3) is 4.10. The first-order chi connectivity index (χ1) is 12.3. The monoisotopic (exact) mass is 340 g/mol. The van der Waals surface area contributed by atoms with Gasteiger partial charge in [-0.15, -0.1) is 0 Å². The third-order valence-electron chi connectivity index (χ3n) is 5.19. The molecule has 2 atom stereocenters. The molecule has 2 fully saturated rings. The highest BCUT2D eigenvalue weighted by Gasteiger charge is 2.34. The Balaban J connectivity index is 1.45. The lowest BCUT2D eigenvalue weighted by Gasteiger charge is -2.38. The van der Waals surface area contributed by atoms with Crippen LogP contribution in [0.2, 0.25) is 0 Å². The predicted octanol–water partition coefficient (Wildman–Crippen LogP) is 3.17. The number of carbonyl (C=O) groups excluding carboxylic acids is 1. The summed E-state index contributed by atoms with van der Waals surface area (Å²) in [7, 11) is 0. The molecule has 0 unspecified atom stereocenters. The summed E-state index contributed by atoms with van der Waals surface area (Å²) in [6, 6.07) is 10.5. The summed E-state index contributed by atoms with van der Waals surface area (Å²) in [5.74, 6) is 1.02. The number of benzene rings is 1. The van der Waals surface area contributed by atoms with Gasteiger partial charge in [0.05, 0.1) is 6.10 Å². The first kappa shape index (κ1) is 16.3. The summed E-state index contributed by atoms with van der Waals surface area (Å²) in [5, 5.41) is 0. The zero-order chi connectivity index (χ0) is 17.1. The maximum atomic E-state index is 12.6. The van der Waals surface area contributed by atoms with Crippen LogP contribution in [0, 0.1) is 11.8 Å². The van der Waals surface area contributed by atoms with Crippen molar-refractivity contribution in [2.24, 2.45) is 11.8 Å². The summed E-state index contributed by atoms with van der Waals surface area (Å²) in [4.78, 5) is 18.5. The Morgan fingerprint density at radius 1 is 1.24 bits per heavy atom. The molecule has 1 aromatic heterocycles. The largest absolute Gasteiger partial charge is 0.451 e. The fourth-order valence-corrected chi connectivity index (χ4v) is 3.55. The van der Waals surface area contributed by atoms with Crippen molar-refractivity contribution in [3.63, 3.8) is 0 Å². The van der Waals surface area contributed by atoms with E-state index in [2.05, 4.69) is 29.2 Å². The average Bonchev–Trinajstić information content (AvgIpc) is 3.31. The molecule has 2 aromatic rings. The van der Waals surface area contributed by atoms with Crippen LogP contribution in [0.15, 0.2) is 47.4 Å². The van der Waals surface area contributed by atoms with Crippen LogP contribution >= 0.6 is 0 Å². The molecule has 0 bridgehead atoms. The van der Waals surface area contributed by atoms with Gasteiger partial charge in [0, 0.05) is 25.6 Å². The number of ether oxygens (including phenoxy) is 1. The first-order valence-corrected chi connectivity index (χ1v) is 9.12. The highest BCUT2D eigenvalue weighted by Crippen LogP contribution is 2.32. The molecule has 0 radical (unpaired) electrons. The maximum Gasteiger partial charge on any atom is 0.275 e. The molecule has 132 valence electrons. The van der Waals surface area contributed by atoms with Gasteiger partial charge in [0.2, 0.25) is 0 Å². The Morgan fingerprint density at radius 2 is 2.08 bits per heavy atom. The fraction of sp³-hybridized carbons (Fsp3) is 0.500.